The zero-order valence-corrected chi connectivity index (χ0v) is 12.3. The van der Waals surface area contributed by atoms with Crippen LogP contribution >= 0.6 is 0 Å². The van der Waals surface area contributed by atoms with E-state index in [1.807, 2.05) is 6.07 Å². The first-order valence-corrected chi connectivity index (χ1v) is 6.77. The highest BCUT2D eigenvalue weighted by Crippen LogP contribution is 2.26. The van der Waals surface area contributed by atoms with Crippen molar-refractivity contribution in [3.63, 3.8) is 0 Å². The minimum atomic E-state index is -1.37. The van der Waals surface area contributed by atoms with Crippen molar-refractivity contribution >= 4 is 17.8 Å². The first-order valence-electron chi connectivity index (χ1n) is 6.77. The van der Waals surface area contributed by atoms with Crippen LogP contribution in [0, 0.1) is 0 Å². The summed E-state index contributed by atoms with van der Waals surface area (Å²) >= 11 is 0. The van der Waals surface area contributed by atoms with Crippen LogP contribution in [-0.2, 0) is 30.4 Å². The van der Waals surface area contributed by atoms with Gasteiger partial charge in [0.05, 0.1) is 0 Å². The quantitative estimate of drug-likeness (QED) is 0.799. The molecule has 0 radical (unpaired) electrons. The molecule has 1 fully saturated rings. The fourth-order valence-corrected chi connectivity index (χ4v) is 2.33. The van der Waals surface area contributed by atoms with Crippen molar-refractivity contribution in [2.24, 2.45) is 0 Å². The molecule has 22 heavy (non-hydrogen) atoms. The molecule has 1 amide bonds. The lowest BCUT2D eigenvalue weighted by Crippen LogP contribution is -2.39. The molecule has 1 aromatic carbocycles. The van der Waals surface area contributed by atoms with Gasteiger partial charge in [-0.05, 0) is 5.56 Å². The number of aliphatic hydroxyl groups excluding tert-OH is 1. The Hall–Kier alpha value is -2.41. The van der Waals surface area contributed by atoms with Crippen molar-refractivity contribution in [1.82, 2.24) is 4.90 Å². The van der Waals surface area contributed by atoms with Gasteiger partial charge in [0, 0.05) is 20.4 Å². The minimum absolute atomic E-state index is 0.121. The van der Waals surface area contributed by atoms with Crippen molar-refractivity contribution in [3.8, 4) is 0 Å². The van der Waals surface area contributed by atoms with E-state index in [9.17, 15) is 19.5 Å². The number of benzene rings is 1. The summed E-state index contributed by atoms with van der Waals surface area (Å²) in [6, 6.07) is 9.01. The van der Waals surface area contributed by atoms with Gasteiger partial charge in [-0.25, -0.2) is 0 Å². The van der Waals surface area contributed by atoms with Crippen LogP contribution < -0.4 is 0 Å². The molecule has 2 rings (SSSR count). The van der Waals surface area contributed by atoms with Crippen LogP contribution in [0.1, 0.15) is 19.4 Å². The summed E-state index contributed by atoms with van der Waals surface area (Å²) < 4.78 is 9.85. The van der Waals surface area contributed by atoms with Gasteiger partial charge < -0.3 is 19.5 Å². The van der Waals surface area contributed by atoms with E-state index < -0.39 is 36.3 Å². The topological polar surface area (TPSA) is 93.1 Å². The smallest absolute Gasteiger partial charge is 0.303 e. The predicted octanol–water partition coefficient (Wildman–Crippen LogP) is 0.211. The molecular formula is C15H17NO6. The zero-order valence-electron chi connectivity index (χ0n) is 12.3. The Bertz CT molecular complexity index is 573. The Morgan fingerprint density at radius 1 is 1.14 bits per heavy atom. The summed E-state index contributed by atoms with van der Waals surface area (Å²) in [7, 11) is 0. The van der Waals surface area contributed by atoms with Crippen LogP contribution in [0.15, 0.2) is 30.3 Å². The summed E-state index contributed by atoms with van der Waals surface area (Å²) in [5.41, 5.74) is 0.792. The number of ether oxygens (including phenoxy) is 2. The van der Waals surface area contributed by atoms with E-state index in [-0.39, 0.29) is 6.54 Å². The van der Waals surface area contributed by atoms with Crippen LogP contribution in [0.5, 0.6) is 0 Å². The van der Waals surface area contributed by atoms with E-state index in [1.54, 1.807) is 24.3 Å². The fraction of sp³-hybridized carbons (Fsp3) is 0.400. The number of hydrogen-bond acceptors (Lipinski definition) is 6. The van der Waals surface area contributed by atoms with Gasteiger partial charge in [-0.1, -0.05) is 30.3 Å². The van der Waals surface area contributed by atoms with E-state index in [4.69, 9.17) is 9.47 Å². The van der Waals surface area contributed by atoms with Crippen molar-refractivity contribution in [2.75, 3.05) is 0 Å². The van der Waals surface area contributed by atoms with Crippen molar-refractivity contribution in [3.05, 3.63) is 35.9 Å². The van der Waals surface area contributed by atoms with Gasteiger partial charge in [0.2, 0.25) is 6.10 Å². The van der Waals surface area contributed by atoms with Crippen LogP contribution in [0.3, 0.4) is 0 Å². The number of carbonyl (C=O) groups is 3. The molecule has 118 valence electrons. The van der Waals surface area contributed by atoms with Crippen molar-refractivity contribution < 1.29 is 29.0 Å². The first kappa shape index (κ1) is 16.0. The van der Waals surface area contributed by atoms with Crippen LogP contribution in [-0.4, -0.2) is 46.3 Å². The van der Waals surface area contributed by atoms with Gasteiger partial charge in [0.15, 0.2) is 12.3 Å². The molecule has 7 nitrogen and oxygen atoms in total. The second-order valence-electron chi connectivity index (χ2n) is 4.97. The average Bonchev–Trinajstić information content (AvgIpc) is 2.65. The second kappa shape index (κ2) is 6.57. The summed E-state index contributed by atoms with van der Waals surface area (Å²) in [6.45, 7) is 2.42. The minimum Gasteiger partial charge on any atom is -0.453 e. The summed E-state index contributed by atoms with van der Waals surface area (Å²) in [5, 5.41) is 10.2. The maximum atomic E-state index is 12.3. The Balaban J connectivity index is 2.22. The van der Waals surface area contributed by atoms with Gasteiger partial charge in [-0.3, -0.25) is 14.4 Å². The standard InChI is InChI=1S/C15H17NO6/c1-9(17)21-12-13(22-10(2)18)15(20)16(14(12)19)8-11-6-4-3-5-7-11/h3-7,12-14,19H,8H2,1-2H3/t12-,13+,14+/m1/s1. The zero-order chi connectivity index (χ0) is 16.3. The largest absolute Gasteiger partial charge is 0.453 e. The number of carbonyl (C=O) groups excluding carboxylic acids is 3. The van der Waals surface area contributed by atoms with E-state index >= 15 is 0 Å². The molecule has 1 N–H and O–H groups in total. The lowest BCUT2D eigenvalue weighted by Gasteiger charge is -2.22. The maximum Gasteiger partial charge on any atom is 0.303 e. The van der Waals surface area contributed by atoms with E-state index in [0.717, 1.165) is 24.3 Å². The molecule has 1 heterocycles. The summed E-state index contributed by atoms with van der Waals surface area (Å²) in [6.07, 6.45) is -3.95. The monoisotopic (exact) mass is 307 g/mol. The average molecular weight is 307 g/mol. The van der Waals surface area contributed by atoms with Gasteiger partial charge in [0.1, 0.15) is 0 Å². The fourth-order valence-electron chi connectivity index (χ4n) is 2.33. The number of amides is 1. The van der Waals surface area contributed by atoms with Gasteiger partial charge in [-0.15, -0.1) is 0 Å². The SMILES string of the molecule is CC(=O)O[C@@H]1[C@H](OC(C)=O)C(=O)N(Cc2ccccc2)[C@H]1O. The van der Waals surface area contributed by atoms with E-state index in [0.29, 0.717) is 0 Å². The Morgan fingerprint density at radius 3 is 2.27 bits per heavy atom. The third kappa shape index (κ3) is 3.43. The molecule has 1 aromatic rings. The number of hydrogen-bond donors (Lipinski definition) is 1. The molecule has 1 saturated heterocycles. The van der Waals surface area contributed by atoms with Crippen molar-refractivity contribution in [2.45, 2.75) is 38.8 Å². The molecule has 0 unspecified atom stereocenters. The maximum absolute atomic E-state index is 12.3. The Morgan fingerprint density at radius 2 is 1.73 bits per heavy atom. The second-order valence-corrected chi connectivity index (χ2v) is 4.97. The number of esters is 2. The normalized spacial score (nSPS) is 24.2. The highest BCUT2D eigenvalue weighted by molar-refractivity contribution is 5.87. The predicted molar refractivity (Wildman–Crippen MR) is 74.1 cm³/mol. The molecule has 0 saturated carbocycles. The van der Waals surface area contributed by atoms with Gasteiger partial charge in [-0.2, -0.15) is 0 Å². The third-order valence-corrected chi connectivity index (χ3v) is 3.23. The molecule has 0 aromatic heterocycles. The summed E-state index contributed by atoms with van der Waals surface area (Å²) in [4.78, 5) is 35.7. The molecule has 7 heteroatoms. The van der Waals surface area contributed by atoms with Crippen molar-refractivity contribution in [1.29, 1.82) is 0 Å². The molecule has 0 bridgehead atoms. The number of aliphatic hydroxyl groups is 1. The first-order chi connectivity index (χ1) is 10.4. The molecule has 3 atom stereocenters. The number of rotatable bonds is 4. The summed E-state index contributed by atoms with van der Waals surface area (Å²) in [5.74, 6) is -1.96. The Kier molecular flexibility index (Phi) is 4.77. The van der Waals surface area contributed by atoms with Gasteiger partial charge >= 0.3 is 11.9 Å². The molecule has 1 aliphatic heterocycles. The molecular weight excluding hydrogens is 290 g/mol. The van der Waals surface area contributed by atoms with E-state index in [2.05, 4.69) is 0 Å². The van der Waals surface area contributed by atoms with Crippen LogP contribution in [0.2, 0.25) is 0 Å². The molecule has 0 spiro atoms. The lowest BCUT2D eigenvalue weighted by molar-refractivity contribution is -0.170. The van der Waals surface area contributed by atoms with E-state index in [1.165, 1.54) is 0 Å². The molecule has 1 aliphatic rings. The number of nitrogens with zero attached hydrogens (tertiary/aromatic N) is 1. The lowest BCUT2D eigenvalue weighted by atomic mass is 10.2. The Labute approximate surface area is 127 Å². The number of likely N-dealkylation sites (tertiary alicyclic amines) is 1. The van der Waals surface area contributed by atoms with Crippen LogP contribution in [0.4, 0.5) is 0 Å². The third-order valence-electron chi connectivity index (χ3n) is 3.23. The highest BCUT2D eigenvalue weighted by Gasteiger charge is 2.51. The highest BCUT2D eigenvalue weighted by atomic mass is 16.6. The van der Waals surface area contributed by atoms with Gasteiger partial charge in [0.25, 0.3) is 5.91 Å². The molecule has 0 aliphatic carbocycles. The van der Waals surface area contributed by atoms with Crippen LogP contribution in [0.25, 0.3) is 0 Å².